The van der Waals surface area contributed by atoms with Gasteiger partial charge < -0.3 is 5.73 Å². The Kier molecular flexibility index (Phi) is 2.28. The van der Waals surface area contributed by atoms with E-state index in [1.54, 1.807) is 12.1 Å². The second kappa shape index (κ2) is 3.21. The molecule has 0 radical (unpaired) electrons. The van der Waals surface area contributed by atoms with E-state index in [0.717, 1.165) is 12.8 Å². The molecule has 0 heterocycles. The van der Waals surface area contributed by atoms with Gasteiger partial charge in [-0.1, -0.05) is 24.6 Å². The lowest BCUT2D eigenvalue weighted by atomic mass is 9.92. The van der Waals surface area contributed by atoms with Crippen molar-refractivity contribution in [2.45, 2.75) is 25.8 Å². The highest BCUT2D eigenvalue weighted by Gasteiger charge is 2.45. The molecule has 1 aliphatic carbocycles. The SMILES string of the molecule is CC1(C(N)c2c(F)cccc2Cl)CC1. The lowest BCUT2D eigenvalue weighted by Gasteiger charge is -2.20. The smallest absolute Gasteiger partial charge is 0.129 e. The van der Waals surface area contributed by atoms with Crippen LogP contribution in [0.25, 0.3) is 0 Å². The summed E-state index contributed by atoms with van der Waals surface area (Å²) in [5, 5.41) is 0.436. The highest BCUT2D eigenvalue weighted by atomic mass is 35.5. The van der Waals surface area contributed by atoms with E-state index in [9.17, 15) is 4.39 Å². The third kappa shape index (κ3) is 1.53. The quantitative estimate of drug-likeness (QED) is 0.802. The van der Waals surface area contributed by atoms with Gasteiger partial charge in [-0.25, -0.2) is 4.39 Å². The largest absolute Gasteiger partial charge is 0.323 e. The van der Waals surface area contributed by atoms with Crippen molar-refractivity contribution in [1.82, 2.24) is 0 Å². The van der Waals surface area contributed by atoms with E-state index < -0.39 is 0 Å². The molecular weight excluding hydrogens is 201 g/mol. The van der Waals surface area contributed by atoms with Gasteiger partial charge in [-0.2, -0.15) is 0 Å². The predicted molar refractivity (Wildman–Crippen MR) is 55.7 cm³/mol. The molecule has 1 saturated carbocycles. The number of rotatable bonds is 2. The van der Waals surface area contributed by atoms with E-state index in [0.29, 0.717) is 10.6 Å². The van der Waals surface area contributed by atoms with Gasteiger partial charge in [-0.05, 0) is 30.4 Å². The molecule has 1 aromatic rings. The minimum absolute atomic E-state index is 0.0475. The Morgan fingerprint density at radius 3 is 2.64 bits per heavy atom. The normalized spacial score (nSPS) is 20.6. The third-order valence-corrected chi connectivity index (χ3v) is 3.43. The minimum Gasteiger partial charge on any atom is -0.323 e. The molecule has 0 saturated heterocycles. The Labute approximate surface area is 88.1 Å². The summed E-state index contributed by atoms with van der Waals surface area (Å²) >= 11 is 5.94. The number of nitrogens with two attached hydrogens (primary N) is 1. The Hall–Kier alpha value is -0.600. The Morgan fingerprint density at radius 1 is 1.50 bits per heavy atom. The van der Waals surface area contributed by atoms with Gasteiger partial charge in [0, 0.05) is 16.6 Å². The zero-order valence-corrected chi connectivity index (χ0v) is 8.81. The summed E-state index contributed by atoms with van der Waals surface area (Å²) in [6.07, 6.45) is 2.11. The summed E-state index contributed by atoms with van der Waals surface area (Å²) in [4.78, 5) is 0. The molecule has 1 nitrogen and oxygen atoms in total. The molecule has 1 aliphatic rings. The first-order chi connectivity index (χ1) is 6.54. The van der Waals surface area contributed by atoms with Crippen LogP contribution in [0.3, 0.4) is 0 Å². The molecule has 1 fully saturated rings. The maximum absolute atomic E-state index is 13.5. The summed E-state index contributed by atoms with van der Waals surface area (Å²) in [5.74, 6) is -0.293. The molecule has 2 rings (SSSR count). The first-order valence-electron chi connectivity index (χ1n) is 4.74. The average Bonchev–Trinajstić information content (AvgIpc) is 2.84. The molecule has 1 unspecified atom stereocenters. The van der Waals surface area contributed by atoms with Gasteiger partial charge in [-0.15, -0.1) is 0 Å². The van der Waals surface area contributed by atoms with Gasteiger partial charge in [0.05, 0.1) is 0 Å². The van der Waals surface area contributed by atoms with E-state index in [4.69, 9.17) is 17.3 Å². The first kappa shape index (κ1) is 9.94. The number of benzene rings is 1. The Morgan fingerprint density at radius 2 is 2.14 bits per heavy atom. The number of halogens is 2. The fourth-order valence-corrected chi connectivity index (χ4v) is 1.95. The monoisotopic (exact) mass is 213 g/mol. The van der Waals surface area contributed by atoms with Crippen molar-refractivity contribution in [3.63, 3.8) is 0 Å². The summed E-state index contributed by atoms with van der Waals surface area (Å²) < 4.78 is 13.5. The van der Waals surface area contributed by atoms with Crippen molar-refractivity contribution in [1.29, 1.82) is 0 Å². The molecule has 1 atom stereocenters. The Bertz CT molecular complexity index is 340. The lowest BCUT2D eigenvalue weighted by Crippen LogP contribution is -2.21. The van der Waals surface area contributed by atoms with Crippen molar-refractivity contribution in [2.24, 2.45) is 11.1 Å². The van der Waals surface area contributed by atoms with Gasteiger partial charge in [-0.3, -0.25) is 0 Å². The van der Waals surface area contributed by atoms with E-state index in [1.807, 2.05) is 0 Å². The highest BCUT2D eigenvalue weighted by molar-refractivity contribution is 6.31. The van der Waals surface area contributed by atoms with Crippen LogP contribution in [-0.2, 0) is 0 Å². The standard InChI is InChI=1S/C11H13ClFN/c1-11(5-6-11)10(14)9-7(12)3-2-4-8(9)13/h2-4,10H,5-6,14H2,1H3. The van der Waals surface area contributed by atoms with Crippen LogP contribution in [0.5, 0.6) is 0 Å². The number of hydrogen-bond donors (Lipinski definition) is 1. The summed E-state index contributed by atoms with van der Waals surface area (Å²) in [7, 11) is 0. The van der Waals surface area contributed by atoms with Crippen LogP contribution in [0.4, 0.5) is 4.39 Å². The molecule has 0 aromatic heterocycles. The van der Waals surface area contributed by atoms with Crippen LogP contribution < -0.4 is 5.73 Å². The van der Waals surface area contributed by atoms with Gasteiger partial charge in [0.1, 0.15) is 5.82 Å². The van der Waals surface area contributed by atoms with Crippen LogP contribution in [0, 0.1) is 11.2 Å². The van der Waals surface area contributed by atoms with Crippen molar-refractivity contribution in [3.8, 4) is 0 Å². The van der Waals surface area contributed by atoms with Crippen LogP contribution in [0.1, 0.15) is 31.4 Å². The molecule has 14 heavy (non-hydrogen) atoms. The summed E-state index contributed by atoms with van der Waals surface area (Å²) in [6, 6.07) is 4.41. The summed E-state index contributed by atoms with van der Waals surface area (Å²) in [6.45, 7) is 2.07. The Balaban J connectivity index is 2.40. The molecule has 2 N–H and O–H groups in total. The van der Waals surface area contributed by atoms with E-state index >= 15 is 0 Å². The lowest BCUT2D eigenvalue weighted by molar-refractivity contribution is 0.433. The van der Waals surface area contributed by atoms with Gasteiger partial charge in [0.2, 0.25) is 0 Å². The molecule has 0 aliphatic heterocycles. The fourth-order valence-electron chi connectivity index (χ4n) is 1.66. The third-order valence-electron chi connectivity index (χ3n) is 3.10. The zero-order valence-electron chi connectivity index (χ0n) is 8.06. The molecular formula is C11H13ClFN. The predicted octanol–water partition coefficient (Wildman–Crippen LogP) is 3.28. The highest BCUT2D eigenvalue weighted by Crippen LogP contribution is 2.54. The van der Waals surface area contributed by atoms with Gasteiger partial charge >= 0.3 is 0 Å². The van der Waals surface area contributed by atoms with Crippen LogP contribution >= 0.6 is 11.6 Å². The molecule has 0 spiro atoms. The summed E-state index contributed by atoms with van der Waals surface area (Å²) in [5.41, 5.74) is 6.53. The van der Waals surface area contributed by atoms with Crippen molar-refractivity contribution in [2.75, 3.05) is 0 Å². The van der Waals surface area contributed by atoms with Crippen LogP contribution in [-0.4, -0.2) is 0 Å². The van der Waals surface area contributed by atoms with Crippen LogP contribution in [0.2, 0.25) is 5.02 Å². The maximum Gasteiger partial charge on any atom is 0.129 e. The van der Waals surface area contributed by atoms with Crippen molar-refractivity contribution < 1.29 is 4.39 Å². The second-order valence-corrected chi connectivity index (χ2v) is 4.67. The molecule has 3 heteroatoms. The topological polar surface area (TPSA) is 26.0 Å². The second-order valence-electron chi connectivity index (χ2n) is 4.27. The molecule has 76 valence electrons. The average molecular weight is 214 g/mol. The van der Waals surface area contributed by atoms with Gasteiger partial charge in [0.15, 0.2) is 0 Å². The van der Waals surface area contributed by atoms with E-state index in [-0.39, 0.29) is 17.3 Å². The van der Waals surface area contributed by atoms with Crippen LogP contribution in [0.15, 0.2) is 18.2 Å². The van der Waals surface area contributed by atoms with Crippen molar-refractivity contribution in [3.05, 3.63) is 34.6 Å². The van der Waals surface area contributed by atoms with E-state index in [2.05, 4.69) is 6.92 Å². The molecule has 1 aromatic carbocycles. The fraction of sp³-hybridized carbons (Fsp3) is 0.455. The molecule has 0 bridgehead atoms. The van der Waals surface area contributed by atoms with E-state index in [1.165, 1.54) is 6.07 Å². The molecule has 0 amide bonds. The maximum atomic E-state index is 13.5. The first-order valence-corrected chi connectivity index (χ1v) is 5.12. The van der Waals surface area contributed by atoms with Crippen molar-refractivity contribution >= 4 is 11.6 Å². The zero-order chi connectivity index (χ0) is 10.3. The van der Waals surface area contributed by atoms with Gasteiger partial charge in [0.25, 0.3) is 0 Å². The number of hydrogen-bond acceptors (Lipinski definition) is 1. The minimum atomic E-state index is -0.293.